The van der Waals surface area contributed by atoms with Crippen LogP contribution in [0.3, 0.4) is 0 Å². The van der Waals surface area contributed by atoms with Crippen LogP contribution in [0.15, 0.2) is 29.2 Å². The number of benzene rings is 1. The Morgan fingerprint density at radius 2 is 1.88 bits per heavy atom. The highest BCUT2D eigenvalue weighted by molar-refractivity contribution is 8.13. The molecular formula is C12H13ClO3S. The van der Waals surface area contributed by atoms with Crippen molar-refractivity contribution in [1.29, 1.82) is 0 Å². The first-order chi connectivity index (χ1) is 7.98. The molecule has 0 aromatic heterocycles. The van der Waals surface area contributed by atoms with Crippen molar-refractivity contribution in [3.63, 3.8) is 0 Å². The molecule has 0 spiro atoms. The van der Waals surface area contributed by atoms with E-state index >= 15 is 0 Å². The summed E-state index contributed by atoms with van der Waals surface area (Å²) in [5.74, 6) is 0.0768. The summed E-state index contributed by atoms with van der Waals surface area (Å²) in [6.07, 6.45) is 3.95. The summed E-state index contributed by atoms with van der Waals surface area (Å²) >= 11 is 0. The van der Waals surface area contributed by atoms with Crippen LogP contribution < -0.4 is 0 Å². The molecule has 0 N–H and O–H groups in total. The molecule has 1 aromatic carbocycles. The summed E-state index contributed by atoms with van der Waals surface area (Å²) in [6, 6.07) is 5.96. The lowest BCUT2D eigenvalue weighted by molar-refractivity contribution is 0.0922. The lowest BCUT2D eigenvalue weighted by Crippen LogP contribution is -2.11. The molecule has 0 bridgehead atoms. The number of carbonyl (C=O) groups is 1. The van der Waals surface area contributed by atoms with Gasteiger partial charge in [0.2, 0.25) is 0 Å². The molecule has 17 heavy (non-hydrogen) atoms. The van der Waals surface area contributed by atoms with Crippen molar-refractivity contribution in [3.8, 4) is 0 Å². The monoisotopic (exact) mass is 272 g/mol. The van der Waals surface area contributed by atoms with Crippen LogP contribution in [0.4, 0.5) is 0 Å². The number of rotatable bonds is 3. The van der Waals surface area contributed by atoms with Crippen LogP contribution in [-0.2, 0) is 9.05 Å². The minimum absolute atomic E-state index is 0.0111. The quantitative estimate of drug-likeness (QED) is 0.628. The van der Waals surface area contributed by atoms with E-state index < -0.39 is 9.05 Å². The van der Waals surface area contributed by atoms with Gasteiger partial charge in [0.05, 0.1) is 4.90 Å². The summed E-state index contributed by atoms with van der Waals surface area (Å²) < 4.78 is 22.4. The molecule has 1 aliphatic rings. The third-order valence-electron chi connectivity index (χ3n) is 3.13. The second kappa shape index (κ2) is 4.78. The van der Waals surface area contributed by atoms with E-state index in [4.69, 9.17) is 10.7 Å². The Bertz CT molecular complexity index is 530. The van der Waals surface area contributed by atoms with Crippen molar-refractivity contribution in [2.45, 2.75) is 30.6 Å². The van der Waals surface area contributed by atoms with Crippen LogP contribution in [0.1, 0.15) is 36.0 Å². The van der Waals surface area contributed by atoms with E-state index in [2.05, 4.69) is 0 Å². The van der Waals surface area contributed by atoms with E-state index in [-0.39, 0.29) is 16.6 Å². The molecule has 92 valence electrons. The number of hydrogen-bond donors (Lipinski definition) is 0. The summed E-state index contributed by atoms with van der Waals surface area (Å²) in [5.41, 5.74) is 0.443. The van der Waals surface area contributed by atoms with Gasteiger partial charge in [-0.05, 0) is 25.0 Å². The van der Waals surface area contributed by atoms with Gasteiger partial charge in [0.25, 0.3) is 9.05 Å². The molecule has 2 rings (SSSR count). The summed E-state index contributed by atoms with van der Waals surface area (Å²) in [6.45, 7) is 0. The Morgan fingerprint density at radius 3 is 2.47 bits per heavy atom. The average Bonchev–Trinajstić information content (AvgIpc) is 2.80. The minimum Gasteiger partial charge on any atom is -0.294 e. The molecule has 1 fully saturated rings. The van der Waals surface area contributed by atoms with Crippen LogP contribution in [0.25, 0.3) is 0 Å². The van der Waals surface area contributed by atoms with Gasteiger partial charge in [-0.1, -0.05) is 25.0 Å². The van der Waals surface area contributed by atoms with Crippen molar-refractivity contribution in [2.24, 2.45) is 5.92 Å². The summed E-state index contributed by atoms with van der Waals surface area (Å²) in [4.78, 5) is 12.1. The zero-order chi connectivity index (χ0) is 12.5. The smallest absolute Gasteiger partial charge is 0.261 e. The van der Waals surface area contributed by atoms with E-state index in [1.54, 1.807) is 12.1 Å². The van der Waals surface area contributed by atoms with Crippen LogP contribution in [-0.4, -0.2) is 14.2 Å². The Hall–Kier alpha value is -0.870. The van der Waals surface area contributed by atoms with Gasteiger partial charge in [0.15, 0.2) is 5.78 Å². The van der Waals surface area contributed by atoms with Gasteiger partial charge in [0.1, 0.15) is 0 Å². The Labute approximate surface area is 105 Å². The molecule has 0 unspecified atom stereocenters. The standard InChI is InChI=1S/C12H13ClO3S/c13-17(15,16)11-7-3-6-10(8-11)12(14)9-4-1-2-5-9/h3,6-9H,1-2,4-5H2. The van der Waals surface area contributed by atoms with Crippen LogP contribution in [0.2, 0.25) is 0 Å². The summed E-state index contributed by atoms with van der Waals surface area (Å²) in [7, 11) is 1.49. The normalized spacial score (nSPS) is 17.2. The largest absolute Gasteiger partial charge is 0.294 e. The van der Waals surface area contributed by atoms with Crippen molar-refractivity contribution in [1.82, 2.24) is 0 Å². The fourth-order valence-electron chi connectivity index (χ4n) is 2.22. The van der Waals surface area contributed by atoms with Gasteiger partial charge < -0.3 is 0 Å². The van der Waals surface area contributed by atoms with Crippen molar-refractivity contribution < 1.29 is 13.2 Å². The minimum atomic E-state index is -3.76. The highest BCUT2D eigenvalue weighted by Gasteiger charge is 2.24. The molecule has 5 heteroatoms. The molecule has 0 radical (unpaired) electrons. The average molecular weight is 273 g/mol. The zero-order valence-electron chi connectivity index (χ0n) is 9.23. The molecule has 0 amide bonds. The first kappa shape index (κ1) is 12.6. The molecular weight excluding hydrogens is 260 g/mol. The molecule has 1 aliphatic carbocycles. The fourth-order valence-corrected chi connectivity index (χ4v) is 3.02. The van der Waals surface area contributed by atoms with Gasteiger partial charge in [-0.25, -0.2) is 8.42 Å². The second-order valence-electron chi connectivity index (χ2n) is 4.31. The zero-order valence-corrected chi connectivity index (χ0v) is 10.8. The maximum absolute atomic E-state index is 12.1. The predicted molar refractivity (Wildman–Crippen MR) is 65.8 cm³/mol. The Morgan fingerprint density at radius 1 is 1.24 bits per heavy atom. The highest BCUT2D eigenvalue weighted by Crippen LogP contribution is 2.28. The van der Waals surface area contributed by atoms with Crippen LogP contribution >= 0.6 is 10.7 Å². The first-order valence-corrected chi connectivity index (χ1v) is 7.88. The van der Waals surface area contributed by atoms with Gasteiger partial charge in [-0.2, -0.15) is 0 Å². The maximum atomic E-state index is 12.1. The fraction of sp³-hybridized carbons (Fsp3) is 0.417. The van der Waals surface area contributed by atoms with Gasteiger partial charge >= 0.3 is 0 Å². The number of Topliss-reactive ketones (excluding diaryl/α,β-unsaturated/α-hetero) is 1. The lowest BCUT2D eigenvalue weighted by atomic mass is 9.96. The molecule has 1 saturated carbocycles. The topological polar surface area (TPSA) is 51.2 Å². The van der Waals surface area contributed by atoms with Crippen molar-refractivity contribution in [2.75, 3.05) is 0 Å². The summed E-state index contributed by atoms with van der Waals surface area (Å²) in [5, 5.41) is 0. The second-order valence-corrected chi connectivity index (χ2v) is 6.88. The molecule has 3 nitrogen and oxygen atoms in total. The van der Waals surface area contributed by atoms with Gasteiger partial charge in [-0.15, -0.1) is 0 Å². The van der Waals surface area contributed by atoms with E-state index in [1.165, 1.54) is 12.1 Å². The number of carbonyl (C=O) groups excluding carboxylic acids is 1. The van der Waals surface area contributed by atoms with E-state index in [0.717, 1.165) is 25.7 Å². The Balaban J connectivity index is 2.30. The molecule has 1 aromatic rings. The maximum Gasteiger partial charge on any atom is 0.261 e. The van der Waals surface area contributed by atoms with Crippen molar-refractivity contribution in [3.05, 3.63) is 29.8 Å². The SMILES string of the molecule is O=C(c1cccc(S(=O)(=O)Cl)c1)C1CCCC1. The van der Waals surface area contributed by atoms with Crippen molar-refractivity contribution >= 4 is 25.5 Å². The molecule has 0 heterocycles. The highest BCUT2D eigenvalue weighted by atomic mass is 35.7. The number of hydrogen-bond acceptors (Lipinski definition) is 3. The predicted octanol–water partition coefficient (Wildman–Crippen LogP) is 2.99. The number of halogens is 1. The number of ketones is 1. The Kier molecular flexibility index (Phi) is 3.54. The van der Waals surface area contributed by atoms with Gasteiger partial charge in [0, 0.05) is 22.2 Å². The van der Waals surface area contributed by atoms with Crippen LogP contribution in [0, 0.1) is 5.92 Å². The third-order valence-corrected chi connectivity index (χ3v) is 4.48. The van der Waals surface area contributed by atoms with Gasteiger partial charge in [-0.3, -0.25) is 4.79 Å². The van der Waals surface area contributed by atoms with E-state index in [9.17, 15) is 13.2 Å². The third kappa shape index (κ3) is 2.87. The first-order valence-electron chi connectivity index (χ1n) is 5.57. The molecule has 0 atom stereocenters. The molecule has 0 aliphatic heterocycles. The van der Waals surface area contributed by atoms with Crippen LogP contribution in [0.5, 0.6) is 0 Å². The van der Waals surface area contributed by atoms with E-state index in [0.29, 0.717) is 5.56 Å². The molecule has 0 saturated heterocycles. The van der Waals surface area contributed by atoms with E-state index in [1.807, 2.05) is 0 Å². The lowest BCUT2D eigenvalue weighted by Gasteiger charge is -2.08.